The van der Waals surface area contributed by atoms with E-state index in [0.29, 0.717) is 18.5 Å². The Morgan fingerprint density at radius 1 is 1.22 bits per heavy atom. The minimum atomic E-state index is -0.765. The van der Waals surface area contributed by atoms with E-state index in [-0.39, 0.29) is 24.8 Å². The van der Waals surface area contributed by atoms with Crippen LogP contribution in [-0.2, 0) is 9.59 Å². The van der Waals surface area contributed by atoms with Crippen LogP contribution in [0.2, 0.25) is 0 Å². The van der Waals surface area contributed by atoms with E-state index in [1.807, 2.05) is 48.5 Å². The molecule has 7 heteroatoms. The summed E-state index contributed by atoms with van der Waals surface area (Å²) in [6.45, 7) is 0.232. The number of para-hydroxylation sites is 1. The molecule has 1 aromatic heterocycles. The van der Waals surface area contributed by atoms with Crippen molar-refractivity contribution in [3.63, 3.8) is 0 Å². The molecule has 138 valence electrons. The number of benzene rings is 2. The van der Waals surface area contributed by atoms with Crippen LogP contribution >= 0.6 is 11.3 Å². The van der Waals surface area contributed by atoms with Crippen molar-refractivity contribution in [2.75, 3.05) is 11.9 Å². The van der Waals surface area contributed by atoms with E-state index in [4.69, 9.17) is 0 Å². The molecule has 2 aromatic carbocycles. The number of nitrogens with zero attached hydrogens (tertiary/aromatic N) is 2. The summed E-state index contributed by atoms with van der Waals surface area (Å²) >= 11 is 1.63. The molecule has 0 aliphatic carbocycles. The van der Waals surface area contributed by atoms with Crippen LogP contribution in [0.5, 0.6) is 0 Å². The van der Waals surface area contributed by atoms with Gasteiger partial charge in [-0.3, -0.25) is 9.59 Å². The zero-order valence-corrected chi connectivity index (χ0v) is 15.4. The molecule has 27 heavy (non-hydrogen) atoms. The molecule has 0 spiro atoms. The Kier molecular flexibility index (Phi) is 4.87. The van der Waals surface area contributed by atoms with Crippen molar-refractivity contribution in [1.29, 1.82) is 0 Å². The highest BCUT2D eigenvalue weighted by Crippen LogP contribution is 2.30. The molecule has 0 saturated carbocycles. The van der Waals surface area contributed by atoms with Gasteiger partial charge in [0.05, 0.1) is 10.2 Å². The third-order valence-corrected chi connectivity index (χ3v) is 5.67. The Labute approximate surface area is 160 Å². The van der Waals surface area contributed by atoms with Crippen LogP contribution in [0.25, 0.3) is 20.8 Å². The van der Waals surface area contributed by atoms with Gasteiger partial charge in [-0.15, -0.1) is 11.3 Å². The number of aliphatic hydroxyl groups is 1. The van der Waals surface area contributed by atoms with Gasteiger partial charge in [0.2, 0.25) is 11.8 Å². The molecule has 1 fully saturated rings. The fraction of sp³-hybridized carbons (Fsp3) is 0.250. The summed E-state index contributed by atoms with van der Waals surface area (Å²) < 4.78 is 1.14. The van der Waals surface area contributed by atoms with Gasteiger partial charge in [-0.2, -0.15) is 0 Å². The topological polar surface area (TPSA) is 82.5 Å². The molecule has 0 bridgehead atoms. The second-order valence-electron chi connectivity index (χ2n) is 6.47. The number of carbonyl (C=O) groups excluding carboxylic acids is 2. The van der Waals surface area contributed by atoms with Crippen LogP contribution in [-0.4, -0.2) is 39.6 Å². The van der Waals surface area contributed by atoms with Crippen molar-refractivity contribution in [2.45, 2.75) is 25.5 Å². The number of aromatic nitrogens is 1. The van der Waals surface area contributed by atoms with Gasteiger partial charge < -0.3 is 15.3 Å². The van der Waals surface area contributed by atoms with Crippen LogP contribution in [0.15, 0.2) is 48.5 Å². The first-order valence-corrected chi connectivity index (χ1v) is 9.65. The van der Waals surface area contributed by atoms with Crippen molar-refractivity contribution in [3.8, 4) is 10.6 Å². The van der Waals surface area contributed by atoms with Crippen LogP contribution < -0.4 is 5.32 Å². The lowest BCUT2D eigenvalue weighted by Gasteiger charge is -2.19. The molecule has 2 N–H and O–H groups in total. The van der Waals surface area contributed by atoms with Gasteiger partial charge >= 0.3 is 0 Å². The summed E-state index contributed by atoms with van der Waals surface area (Å²) in [6, 6.07) is 15.6. The highest BCUT2D eigenvalue weighted by molar-refractivity contribution is 7.21. The highest BCUT2D eigenvalue weighted by atomic mass is 32.1. The van der Waals surface area contributed by atoms with Gasteiger partial charge in [0, 0.05) is 37.1 Å². The molecule has 1 aliphatic heterocycles. The lowest BCUT2D eigenvalue weighted by Crippen LogP contribution is -2.35. The van der Waals surface area contributed by atoms with Gasteiger partial charge in [-0.1, -0.05) is 12.1 Å². The van der Waals surface area contributed by atoms with Gasteiger partial charge in [0.25, 0.3) is 0 Å². The molecule has 1 saturated heterocycles. The number of thiazole rings is 1. The van der Waals surface area contributed by atoms with E-state index in [1.54, 1.807) is 11.3 Å². The lowest BCUT2D eigenvalue weighted by atomic mass is 10.2. The summed E-state index contributed by atoms with van der Waals surface area (Å²) in [5.74, 6) is -0.287. The van der Waals surface area contributed by atoms with Gasteiger partial charge in [0.1, 0.15) is 11.2 Å². The fourth-order valence-corrected chi connectivity index (χ4v) is 4.10. The minimum Gasteiger partial charge on any atom is -0.374 e. The molecule has 1 aliphatic rings. The molecular formula is C20H19N3O3S. The third-order valence-electron chi connectivity index (χ3n) is 4.59. The van der Waals surface area contributed by atoms with E-state index in [9.17, 15) is 14.7 Å². The Bertz CT molecular complexity index is 951. The third kappa shape index (κ3) is 3.84. The van der Waals surface area contributed by atoms with E-state index >= 15 is 0 Å². The molecular weight excluding hydrogens is 362 g/mol. The number of carbonyl (C=O) groups is 2. The average molecular weight is 381 g/mol. The standard InChI is InChI=1S/C20H19N3O3S/c24-17(11-12-23-18(25)9-10-19(23)26)21-14-7-5-13(6-8-14)20-22-15-3-1-2-4-16(15)27-20/h1-8,18,25H,9-12H2,(H,21,24). The maximum Gasteiger partial charge on any atom is 0.226 e. The number of fused-ring (bicyclic) bond motifs is 1. The average Bonchev–Trinajstić information content (AvgIpc) is 3.24. The highest BCUT2D eigenvalue weighted by Gasteiger charge is 2.29. The molecule has 1 atom stereocenters. The normalized spacial score (nSPS) is 16.9. The number of likely N-dealkylation sites (tertiary alicyclic amines) is 1. The van der Waals surface area contributed by atoms with E-state index < -0.39 is 6.23 Å². The Hall–Kier alpha value is -2.77. The Balaban J connectivity index is 1.37. The SMILES string of the molecule is O=C(CCN1C(=O)CCC1O)Nc1ccc(-c2nc3ccccc3s2)cc1. The Morgan fingerprint density at radius 3 is 2.70 bits per heavy atom. The second kappa shape index (κ2) is 7.46. The molecule has 2 heterocycles. The van der Waals surface area contributed by atoms with Gasteiger partial charge in [0.15, 0.2) is 0 Å². The van der Waals surface area contributed by atoms with Crippen molar-refractivity contribution < 1.29 is 14.7 Å². The first-order valence-electron chi connectivity index (χ1n) is 8.83. The number of rotatable bonds is 5. The van der Waals surface area contributed by atoms with Crippen molar-refractivity contribution >= 4 is 39.1 Å². The second-order valence-corrected chi connectivity index (χ2v) is 7.50. The largest absolute Gasteiger partial charge is 0.374 e. The van der Waals surface area contributed by atoms with Crippen LogP contribution in [0.4, 0.5) is 5.69 Å². The quantitative estimate of drug-likeness (QED) is 0.711. The number of hydrogen-bond acceptors (Lipinski definition) is 5. The smallest absolute Gasteiger partial charge is 0.226 e. The van der Waals surface area contributed by atoms with Crippen LogP contribution in [0.1, 0.15) is 19.3 Å². The number of anilines is 1. The number of amides is 2. The van der Waals surface area contributed by atoms with Crippen LogP contribution in [0.3, 0.4) is 0 Å². The minimum absolute atomic E-state index is 0.101. The van der Waals surface area contributed by atoms with Crippen molar-refractivity contribution in [2.24, 2.45) is 0 Å². The lowest BCUT2D eigenvalue weighted by molar-refractivity contribution is -0.133. The maximum absolute atomic E-state index is 12.1. The summed E-state index contributed by atoms with van der Waals surface area (Å²) in [5, 5.41) is 13.5. The van der Waals surface area contributed by atoms with Gasteiger partial charge in [-0.25, -0.2) is 4.98 Å². The predicted octanol–water partition coefficient (Wildman–Crippen LogP) is 3.23. The number of nitrogens with one attached hydrogen (secondary N) is 1. The van der Waals surface area contributed by atoms with Gasteiger partial charge in [-0.05, 0) is 36.4 Å². The predicted molar refractivity (Wildman–Crippen MR) is 105 cm³/mol. The monoisotopic (exact) mass is 381 g/mol. The number of aliphatic hydroxyl groups excluding tert-OH is 1. The first-order chi connectivity index (χ1) is 13.1. The first kappa shape index (κ1) is 17.6. The maximum atomic E-state index is 12.1. The molecule has 2 amide bonds. The fourth-order valence-electron chi connectivity index (χ4n) is 3.13. The van der Waals surface area contributed by atoms with Crippen LogP contribution in [0, 0.1) is 0 Å². The summed E-state index contributed by atoms with van der Waals surface area (Å²) in [7, 11) is 0. The van der Waals surface area contributed by atoms with E-state index in [0.717, 1.165) is 20.8 Å². The zero-order valence-electron chi connectivity index (χ0n) is 14.6. The molecule has 6 nitrogen and oxygen atoms in total. The molecule has 0 radical (unpaired) electrons. The molecule has 1 unspecified atom stereocenters. The molecule has 4 rings (SSSR count). The summed E-state index contributed by atoms with van der Waals surface area (Å²) in [5.41, 5.74) is 2.67. The van der Waals surface area contributed by atoms with E-state index in [1.165, 1.54) is 4.90 Å². The summed E-state index contributed by atoms with van der Waals surface area (Å²) in [6.07, 6.45) is 0.171. The zero-order chi connectivity index (χ0) is 18.8. The van der Waals surface area contributed by atoms with Crippen molar-refractivity contribution in [3.05, 3.63) is 48.5 Å². The number of hydrogen-bond donors (Lipinski definition) is 2. The Morgan fingerprint density at radius 2 is 2.00 bits per heavy atom. The van der Waals surface area contributed by atoms with Crippen molar-refractivity contribution in [1.82, 2.24) is 9.88 Å². The summed E-state index contributed by atoms with van der Waals surface area (Å²) in [4.78, 5) is 29.7. The van der Waals surface area contributed by atoms with E-state index in [2.05, 4.69) is 10.3 Å². The molecule has 3 aromatic rings.